The van der Waals surface area contributed by atoms with E-state index in [2.05, 4.69) is 31.2 Å². The Morgan fingerprint density at radius 1 is 1.09 bits per heavy atom. The highest BCUT2D eigenvalue weighted by molar-refractivity contribution is 5.91. The van der Waals surface area contributed by atoms with Crippen molar-refractivity contribution in [3.63, 3.8) is 0 Å². The largest absolute Gasteiger partial charge is 0.351 e. The molecular weight excluding hydrogens is 424 g/mol. The number of hydrogen-bond acceptors (Lipinski definition) is 5. The van der Waals surface area contributed by atoms with Crippen LogP contribution in [-0.4, -0.2) is 30.1 Å². The summed E-state index contributed by atoms with van der Waals surface area (Å²) in [5.41, 5.74) is 2.91. The van der Waals surface area contributed by atoms with Gasteiger partial charge in [0, 0.05) is 12.3 Å². The summed E-state index contributed by atoms with van der Waals surface area (Å²) in [6, 6.07) is -0.188. The van der Waals surface area contributed by atoms with Crippen LogP contribution >= 0.6 is 12.4 Å². The summed E-state index contributed by atoms with van der Waals surface area (Å²) in [6.45, 7) is 7.87. The lowest BCUT2D eigenvalue weighted by Crippen LogP contribution is -2.51. The van der Waals surface area contributed by atoms with Crippen LogP contribution in [0.4, 0.5) is 0 Å². The fraction of sp³-hybridized carbons (Fsp3) is 0.808. The molecule has 5 nitrogen and oxygen atoms in total. The van der Waals surface area contributed by atoms with Crippen LogP contribution in [0.2, 0.25) is 0 Å². The molecule has 0 radical (unpaired) electrons. The molecule has 5 rings (SSSR count). The number of halogens is 1. The molecule has 7 atom stereocenters. The Morgan fingerprint density at radius 3 is 2.66 bits per heavy atom. The van der Waals surface area contributed by atoms with Crippen molar-refractivity contribution in [2.45, 2.75) is 91.0 Å². The van der Waals surface area contributed by atoms with Gasteiger partial charge in [-0.05, 0) is 106 Å². The first-order valence-corrected chi connectivity index (χ1v) is 12.6. The Morgan fingerprint density at radius 2 is 1.91 bits per heavy atom. The highest BCUT2D eigenvalue weighted by Gasteiger charge is 2.59. The van der Waals surface area contributed by atoms with Crippen molar-refractivity contribution in [3.05, 3.63) is 11.6 Å². The smallest absolute Gasteiger partial charge is 0.317 e. The van der Waals surface area contributed by atoms with Crippen LogP contribution in [0, 0.1) is 34.5 Å². The third kappa shape index (κ3) is 3.77. The average molecular weight is 463 g/mol. The molecule has 4 aliphatic carbocycles. The number of hydrogen-bond donors (Lipinski definition) is 1. The van der Waals surface area contributed by atoms with Crippen LogP contribution in [0.25, 0.3) is 0 Å². The van der Waals surface area contributed by atoms with Gasteiger partial charge in [-0.25, -0.2) is 4.79 Å². The fourth-order valence-electron chi connectivity index (χ4n) is 8.38. The van der Waals surface area contributed by atoms with Gasteiger partial charge in [0.25, 0.3) is 0 Å². The molecule has 6 heteroatoms. The third-order valence-corrected chi connectivity index (χ3v) is 10.1. The Balaban J connectivity index is 0.00000245. The monoisotopic (exact) mass is 462 g/mol. The molecule has 3 saturated carbocycles. The van der Waals surface area contributed by atoms with Crippen molar-refractivity contribution < 1.29 is 14.4 Å². The predicted molar refractivity (Wildman–Crippen MR) is 128 cm³/mol. The average Bonchev–Trinajstić information content (AvgIpc) is 3.40. The lowest BCUT2D eigenvalue weighted by Gasteiger charge is -2.58. The van der Waals surface area contributed by atoms with Crippen molar-refractivity contribution in [3.8, 4) is 0 Å². The standard InChI is InChI=1S/C26H38N2O3.ClH/c1-16(28-31-24(30)23-5-4-14-27-23)20-8-9-21-19-7-6-17-15-18(29)10-12-25(17,2)22(19)11-13-26(20,21)3;/h15,19-23,27H,4-14H2,1-3H3;1H/b28-16+;/t19?,20-,21+,22?,23+,25+,26-;/m1./s1. The second-order valence-corrected chi connectivity index (χ2v) is 11.4. The Labute approximate surface area is 198 Å². The SMILES string of the molecule is C/C(=N\OC(=O)[C@@H]1CCCN1)[C@H]1CC[C@H]2C3CCC4=CC(=O)CC[C@]4(C)C3CC[C@]12C.Cl. The van der Waals surface area contributed by atoms with Gasteiger partial charge in [0.05, 0.1) is 5.71 Å². The molecule has 1 aliphatic heterocycles. The molecule has 1 saturated heterocycles. The van der Waals surface area contributed by atoms with E-state index in [1.54, 1.807) is 0 Å². The quantitative estimate of drug-likeness (QED) is 0.354. The van der Waals surface area contributed by atoms with E-state index in [1.807, 2.05) is 6.08 Å². The van der Waals surface area contributed by atoms with Crippen LogP contribution in [0.15, 0.2) is 16.8 Å². The van der Waals surface area contributed by atoms with E-state index in [4.69, 9.17) is 4.84 Å². The summed E-state index contributed by atoms with van der Waals surface area (Å²) < 4.78 is 0. The van der Waals surface area contributed by atoms with Gasteiger partial charge in [0.2, 0.25) is 0 Å². The van der Waals surface area contributed by atoms with Gasteiger partial charge in [0.15, 0.2) is 5.78 Å². The molecule has 178 valence electrons. The first-order chi connectivity index (χ1) is 14.8. The summed E-state index contributed by atoms with van der Waals surface area (Å²) in [5.74, 6) is 2.68. The summed E-state index contributed by atoms with van der Waals surface area (Å²) in [6.07, 6.45) is 12.8. The first-order valence-electron chi connectivity index (χ1n) is 12.6. The van der Waals surface area contributed by atoms with Gasteiger partial charge in [-0.3, -0.25) is 4.79 Å². The van der Waals surface area contributed by atoms with E-state index >= 15 is 0 Å². The van der Waals surface area contributed by atoms with Crippen molar-refractivity contribution in [2.75, 3.05) is 6.54 Å². The number of oxime groups is 1. The van der Waals surface area contributed by atoms with Crippen molar-refractivity contribution in [1.29, 1.82) is 0 Å². The molecule has 32 heavy (non-hydrogen) atoms. The van der Waals surface area contributed by atoms with Crippen LogP contribution in [0.3, 0.4) is 0 Å². The molecule has 0 aromatic heterocycles. The highest BCUT2D eigenvalue weighted by atomic mass is 35.5. The van der Waals surface area contributed by atoms with E-state index in [9.17, 15) is 9.59 Å². The molecule has 1 heterocycles. The number of carbonyl (C=O) groups excluding carboxylic acids is 2. The van der Waals surface area contributed by atoms with Crippen LogP contribution in [0.5, 0.6) is 0 Å². The van der Waals surface area contributed by atoms with Crippen molar-refractivity contribution in [1.82, 2.24) is 5.32 Å². The number of rotatable bonds is 3. The number of allylic oxidation sites excluding steroid dienone is 1. The molecule has 2 unspecified atom stereocenters. The fourth-order valence-corrected chi connectivity index (χ4v) is 8.38. The number of carbonyl (C=O) groups is 2. The van der Waals surface area contributed by atoms with Gasteiger partial charge in [-0.2, -0.15) is 0 Å². The Hall–Kier alpha value is -1.20. The zero-order valence-corrected chi connectivity index (χ0v) is 20.6. The van der Waals surface area contributed by atoms with Gasteiger partial charge in [-0.15, -0.1) is 12.4 Å². The first kappa shape index (κ1) is 23.9. The molecule has 1 N–H and O–H groups in total. The van der Waals surface area contributed by atoms with Gasteiger partial charge in [0.1, 0.15) is 6.04 Å². The number of nitrogens with zero attached hydrogens (tertiary/aromatic N) is 1. The zero-order chi connectivity index (χ0) is 21.8. The molecule has 0 bridgehead atoms. The van der Waals surface area contributed by atoms with Crippen molar-refractivity contribution >= 4 is 29.9 Å². The Bertz CT molecular complexity index is 833. The second kappa shape index (κ2) is 8.87. The summed E-state index contributed by atoms with van der Waals surface area (Å²) in [7, 11) is 0. The minimum Gasteiger partial charge on any atom is -0.317 e. The molecule has 0 aromatic carbocycles. The minimum atomic E-state index is -0.230. The maximum atomic E-state index is 12.3. The van der Waals surface area contributed by atoms with E-state index in [0.29, 0.717) is 23.5 Å². The maximum Gasteiger partial charge on any atom is 0.351 e. The highest BCUT2D eigenvalue weighted by Crippen LogP contribution is 2.66. The molecule has 5 aliphatic rings. The van der Waals surface area contributed by atoms with Gasteiger partial charge in [-0.1, -0.05) is 24.6 Å². The van der Waals surface area contributed by atoms with E-state index < -0.39 is 0 Å². The summed E-state index contributed by atoms with van der Waals surface area (Å²) >= 11 is 0. The van der Waals surface area contributed by atoms with Crippen LogP contribution in [0.1, 0.15) is 85.0 Å². The lowest BCUT2D eigenvalue weighted by molar-refractivity contribution is -0.145. The molecule has 0 aromatic rings. The molecule has 0 spiro atoms. The van der Waals surface area contributed by atoms with E-state index in [-0.39, 0.29) is 35.2 Å². The predicted octanol–water partition coefficient (Wildman–Crippen LogP) is 5.23. The second-order valence-electron chi connectivity index (χ2n) is 11.4. The van der Waals surface area contributed by atoms with E-state index in [1.165, 1.54) is 31.3 Å². The van der Waals surface area contributed by atoms with Crippen molar-refractivity contribution in [2.24, 2.45) is 39.7 Å². The summed E-state index contributed by atoms with van der Waals surface area (Å²) in [4.78, 5) is 29.7. The Kier molecular flexibility index (Phi) is 6.63. The van der Waals surface area contributed by atoms with Gasteiger partial charge >= 0.3 is 5.97 Å². The maximum absolute atomic E-state index is 12.3. The third-order valence-electron chi connectivity index (χ3n) is 10.1. The lowest BCUT2D eigenvalue weighted by atomic mass is 9.46. The molecule has 0 amide bonds. The normalized spacial score (nSPS) is 43.5. The number of ketones is 1. The molecular formula is C26H39ClN2O3. The number of fused-ring (bicyclic) bond motifs is 5. The van der Waals surface area contributed by atoms with E-state index in [0.717, 1.165) is 56.7 Å². The van der Waals surface area contributed by atoms with Crippen LogP contribution < -0.4 is 5.32 Å². The topological polar surface area (TPSA) is 67.8 Å². The minimum absolute atomic E-state index is 0. The molecule has 4 fully saturated rings. The van der Waals surface area contributed by atoms with Gasteiger partial charge < -0.3 is 10.2 Å². The zero-order valence-electron chi connectivity index (χ0n) is 19.8. The summed E-state index contributed by atoms with van der Waals surface area (Å²) in [5, 5.41) is 7.55. The number of nitrogens with one attached hydrogen (secondary N) is 1. The van der Waals surface area contributed by atoms with Crippen LogP contribution in [-0.2, 0) is 14.4 Å².